The largest absolute Gasteiger partial charge is 0.386 e. The number of aromatic amines is 1. The maximum atomic E-state index is 14.6. The number of H-pyrrole nitrogens is 1. The highest BCUT2D eigenvalue weighted by Gasteiger charge is 2.24. The fraction of sp³-hybridized carbons (Fsp3) is 0.0500. The van der Waals surface area contributed by atoms with Gasteiger partial charge in [0.05, 0.1) is 11.3 Å². The van der Waals surface area contributed by atoms with Crippen LogP contribution in [0, 0.1) is 17.6 Å². The Morgan fingerprint density at radius 1 is 1.04 bits per heavy atom. The van der Waals surface area contributed by atoms with E-state index in [0.29, 0.717) is 22.2 Å². The van der Waals surface area contributed by atoms with Crippen molar-refractivity contribution in [1.82, 2.24) is 15.0 Å². The van der Waals surface area contributed by atoms with Gasteiger partial charge in [0.15, 0.2) is 5.82 Å². The number of fused-ring (bicyclic) bond motifs is 1. The minimum absolute atomic E-state index is 0.0146. The average Bonchev–Trinajstić information content (AvgIpc) is 3.12. The molecule has 0 bridgehead atoms. The number of nitrogens with one attached hydrogen (secondary N) is 2. The topological polar surface area (TPSA) is 70.7 Å². The summed E-state index contributed by atoms with van der Waals surface area (Å²) in [5, 5.41) is 2.97. The molecule has 0 saturated carbocycles. The summed E-state index contributed by atoms with van der Waals surface area (Å²) in [7, 11) is 1.48. The van der Waals surface area contributed by atoms with Crippen molar-refractivity contribution in [2.45, 2.75) is 0 Å². The number of carbonyl (C=O) groups excluding carboxylic acids is 1. The van der Waals surface area contributed by atoms with Crippen LogP contribution in [-0.4, -0.2) is 27.8 Å². The lowest BCUT2D eigenvalue weighted by molar-refractivity contribution is 0.103. The molecule has 0 atom stereocenters. The molecule has 0 aliphatic rings. The third-order valence-corrected chi connectivity index (χ3v) is 4.42. The van der Waals surface area contributed by atoms with Crippen molar-refractivity contribution in [2.24, 2.45) is 0 Å². The van der Waals surface area contributed by atoms with Gasteiger partial charge in [0.2, 0.25) is 11.7 Å². The molecule has 0 aliphatic carbocycles. The zero-order chi connectivity index (χ0) is 19.8. The van der Waals surface area contributed by atoms with Crippen molar-refractivity contribution in [1.29, 1.82) is 0 Å². The van der Waals surface area contributed by atoms with Gasteiger partial charge < -0.3 is 10.3 Å². The first-order chi connectivity index (χ1) is 13.5. The molecule has 0 saturated heterocycles. The van der Waals surface area contributed by atoms with Gasteiger partial charge in [-0.15, -0.1) is 0 Å². The highest BCUT2D eigenvalue weighted by atomic mass is 19.1. The number of nitrogens with zero attached hydrogens (tertiary/aromatic N) is 2. The summed E-state index contributed by atoms with van der Waals surface area (Å²) in [4.78, 5) is 23.6. The molecule has 2 N–H and O–H groups in total. The van der Waals surface area contributed by atoms with Crippen LogP contribution in [0.4, 0.5) is 18.9 Å². The second-order valence-corrected chi connectivity index (χ2v) is 6.06. The first-order valence-corrected chi connectivity index (χ1v) is 8.29. The number of anilines is 1. The molecule has 4 aromatic rings. The minimum atomic E-state index is -0.964. The molecule has 0 radical (unpaired) electrons. The summed E-state index contributed by atoms with van der Waals surface area (Å²) in [6.07, 6.45) is 4.23. The van der Waals surface area contributed by atoms with E-state index in [4.69, 9.17) is 0 Å². The van der Waals surface area contributed by atoms with E-state index in [1.165, 1.54) is 43.8 Å². The fourth-order valence-corrected chi connectivity index (χ4v) is 2.98. The number of halogens is 3. The van der Waals surface area contributed by atoms with Crippen molar-refractivity contribution in [3.63, 3.8) is 0 Å². The van der Waals surface area contributed by atoms with Gasteiger partial charge in [-0.3, -0.25) is 4.79 Å². The molecule has 0 fully saturated rings. The number of benzene rings is 1. The van der Waals surface area contributed by atoms with Crippen LogP contribution >= 0.6 is 0 Å². The van der Waals surface area contributed by atoms with Crippen molar-refractivity contribution >= 4 is 22.5 Å². The van der Waals surface area contributed by atoms with E-state index < -0.39 is 28.9 Å². The Morgan fingerprint density at radius 2 is 1.82 bits per heavy atom. The third-order valence-electron chi connectivity index (χ3n) is 4.42. The zero-order valence-corrected chi connectivity index (χ0v) is 14.6. The molecule has 0 amide bonds. The molecule has 28 heavy (non-hydrogen) atoms. The van der Waals surface area contributed by atoms with E-state index in [0.717, 1.165) is 6.07 Å². The van der Waals surface area contributed by atoms with E-state index >= 15 is 0 Å². The summed E-state index contributed by atoms with van der Waals surface area (Å²) in [6.45, 7) is 0. The van der Waals surface area contributed by atoms with Crippen molar-refractivity contribution < 1.29 is 18.0 Å². The Morgan fingerprint density at radius 3 is 2.54 bits per heavy atom. The Labute approximate surface area is 157 Å². The van der Waals surface area contributed by atoms with Crippen LogP contribution in [0.3, 0.4) is 0 Å². The first kappa shape index (κ1) is 17.7. The van der Waals surface area contributed by atoms with Gasteiger partial charge in [-0.05, 0) is 30.3 Å². The molecule has 3 aromatic heterocycles. The molecular weight excluding hydrogens is 369 g/mol. The molecule has 0 spiro atoms. The van der Waals surface area contributed by atoms with E-state index in [1.807, 2.05) is 0 Å². The van der Waals surface area contributed by atoms with Crippen LogP contribution in [0.25, 0.3) is 22.2 Å². The van der Waals surface area contributed by atoms with Crippen molar-refractivity contribution in [2.75, 3.05) is 12.4 Å². The summed E-state index contributed by atoms with van der Waals surface area (Å²) in [6, 6.07) is 6.62. The lowest BCUT2D eigenvalue weighted by Crippen LogP contribution is -2.09. The monoisotopic (exact) mass is 382 g/mol. The van der Waals surface area contributed by atoms with Crippen LogP contribution < -0.4 is 5.32 Å². The average molecular weight is 382 g/mol. The van der Waals surface area contributed by atoms with Crippen LogP contribution in [0.15, 0.2) is 48.9 Å². The quantitative estimate of drug-likeness (QED) is 0.408. The maximum absolute atomic E-state index is 14.6. The van der Waals surface area contributed by atoms with Crippen LogP contribution in [0.1, 0.15) is 15.9 Å². The number of hydrogen-bond donors (Lipinski definition) is 2. The Bertz CT molecular complexity index is 1200. The van der Waals surface area contributed by atoms with Gasteiger partial charge in [-0.25, -0.2) is 18.7 Å². The molecule has 8 heteroatoms. The molecule has 5 nitrogen and oxygen atoms in total. The van der Waals surface area contributed by atoms with Gasteiger partial charge in [0, 0.05) is 47.7 Å². The predicted molar refractivity (Wildman–Crippen MR) is 98.6 cm³/mol. The smallest absolute Gasteiger partial charge is 0.212 e. The summed E-state index contributed by atoms with van der Waals surface area (Å²) in [5.41, 5.74) is 0.990. The van der Waals surface area contributed by atoms with E-state index in [9.17, 15) is 18.0 Å². The Balaban J connectivity index is 1.85. The standard InChI is InChI=1S/C20H13F3N4O/c1-24-15-4-3-14(21)17(18(15)23)19(28)13-9-27-20-12(13)6-11(8-26-20)10-2-5-16(22)25-7-10/h2-9,24H,1H3,(H,26,27). The lowest BCUT2D eigenvalue weighted by atomic mass is 10.00. The van der Waals surface area contributed by atoms with Crippen LogP contribution in [0.2, 0.25) is 0 Å². The maximum Gasteiger partial charge on any atom is 0.212 e. The molecule has 3 heterocycles. The number of carbonyl (C=O) groups is 1. The first-order valence-electron chi connectivity index (χ1n) is 8.29. The van der Waals surface area contributed by atoms with Gasteiger partial charge in [0.25, 0.3) is 0 Å². The summed E-state index contributed by atoms with van der Waals surface area (Å²) >= 11 is 0. The highest BCUT2D eigenvalue weighted by Crippen LogP contribution is 2.29. The number of ketones is 1. The predicted octanol–water partition coefficient (Wildman–Crippen LogP) is 4.31. The number of aromatic nitrogens is 3. The molecule has 140 valence electrons. The molecule has 1 aromatic carbocycles. The summed E-state index contributed by atoms with van der Waals surface area (Å²) < 4.78 is 41.8. The number of hydrogen-bond acceptors (Lipinski definition) is 4. The van der Waals surface area contributed by atoms with Crippen LogP contribution in [-0.2, 0) is 0 Å². The fourth-order valence-electron chi connectivity index (χ4n) is 2.98. The normalized spacial score (nSPS) is 11.0. The molecule has 0 unspecified atom stereocenters. The Kier molecular flexibility index (Phi) is 4.31. The second kappa shape index (κ2) is 6.80. The Hall–Kier alpha value is -3.68. The van der Waals surface area contributed by atoms with Gasteiger partial charge in [0.1, 0.15) is 11.5 Å². The van der Waals surface area contributed by atoms with Crippen molar-refractivity contribution in [3.05, 3.63) is 77.6 Å². The number of rotatable bonds is 4. The van der Waals surface area contributed by atoms with Crippen molar-refractivity contribution in [3.8, 4) is 11.1 Å². The summed E-state index contributed by atoms with van der Waals surface area (Å²) in [5.74, 6) is -3.35. The number of pyridine rings is 2. The lowest BCUT2D eigenvalue weighted by Gasteiger charge is -2.08. The van der Waals surface area contributed by atoms with E-state index in [2.05, 4.69) is 20.3 Å². The van der Waals surface area contributed by atoms with E-state index in [-0.39, 0.29) is 11.3 Å². The third kappa shape index (κ3) is 2.88. The van der Waals surface area contributed by atoms with Gasteiger partial charge in [-0.1, -0.05) is 0 Å². The highest BCUT2D eigenvalue weighted by molar-refractivity contribution is 6.16. The van der Waals surface area contributed by atoms with Crippen LogP contribution in [0.5, 0.6) is 0 Å². The van der Waals surface area contributed by atoms with Gasteiger partial charge in [-0.2, -0.15) is 4.39 Å². The van der Waals surface area contributed by atoms with Gasteiger partial charge >= 0.3 is 0 Å². The molecular formula is C20H13F3N4O. The zero-order valence-electron chi connectivity index (χ0n) is 14.6. The molecule has 0 aliphatic heterocycles. The second-order valence-electron chi connectivity index (χ2n) is 6.06. The van der Waals surface area contributed by atoms with E-state index in [1.54, 1.807) is 6.07 Å². The SMILES string of the molecule is CNc1ccc(F)c(C(=O)c2c[nH]c3ncc(-c4ccc(F)nc4)cc23)c1F. The molecule has 4 rings (SSSR count). The minimum Gasteiger partial charge on any atom is -0.386 e.